The van der Waals surface area contributed by atoms with Crippen molar-refractivity contribution in [3.05, 3.63) is 29.6 Å². The van der Waals surface area contributed by atoms with E-state index in [4.69, 9.17) is 4.74 Å². The Morgan fingerprint density at radius 1 is 1.14 bits per heavy atom. The molecule has 3 heteroatoms. The first-order valence-electron chi connectivity index (χ1n) is 8.90. The maximum Gasteiger partial charge on any atom is 0.123 e. The quantitative estimate of drug-likeness (QED) is 0.783. The summed E-state index contributed by atoms with van der Waals surface area (Å²) >= 11 is 0. The van der Waals surface area contributed by atoms with E-state index in [1.165, 1.54) is 31.7 Å². The van der Waals surface area contributed by atoms with E-state index in [2.05, 4.69) is 4.90 Å². The van der Waals surface area contributed by atoms with Crippen molar-refractivity contribution in [2.45, 2.75) is 50.0 Å². The Balaban J connectivity index is 1.34. The number of hydrogen-bond acceptors (Lipinski definition) is 2. The van der Waals surface area contributed by atoms with Crippen molar-refractivity contribution in [3.63, 3.8) is 0 Å². The summed E-state index contributed by atoms with van der Waals surface area (Å²) in [4.78, 5) is 2.74. The standard InChI is InChI=1S/C19H24FNO/c20-15-3-4-18-16(11-15)19(12-22-18)5-7-21(8-6-19)17-10-13-1-2-14(17)9-13/h3-4,11,13-14,17H,1-2,5-10,12H2/t13-,14-,17-/m1/s1. The highest BCUT2D eigenvalue weighted by atomic mass is 19.1. The zero-order valence-electron chi connectivity index (χ0n) is 13.1. The SMILES string of the molecule is Fc1ccc2c(c1)C1(CCN([C@@H]3C[C@@H]4CC[C@@H]3C4)CC1)CO2. The molecule has 0 unspecified atom stereocenters. The van der Waals surface area contributed by atoms with Crippen molar-refractivity contribution in [1.82, 2.24) is 4.90 Å². The Kier molecular flexibility index (Phi) is 2.86. The maximum atomic E-state index is 13.7. The molecule has 1 saturated heterocycles. The molecule has 0 amide bonds. The van der Waals surface area contributed by atoms with Crippen LogP contribution < -0.4 is 4.74 Å². The molecule has 0 aromatic heterocycles. The second kappa shape index (κ2) is 4.70. The van der Waals surface area contributed by atoms with Gasteiger partial charge in [-0.2, -0.15) is 0 Å². The summed E-state index contributed by atoms with van der Waals surface area (Å²) in [7, 11) is 0. The van der Waals surface area contributed by atoms with Gasteiger partial charge in [-0.3, -0.25) is 0 Å². The van der Waals surface area contributed by atoms with E-state index in [-0.39, 0.29) is 11.2 Å². The van der Waals surface area contributed by atoms with E-state index < -0.39 is 0 Å². The second-order valence-corrected chi connectivity index (χ2v) is 7.99. The Hall–Kier alpha value is -1.09. The molecule has 0 radical (unpaired) electrons. The van der Waals surface area contributed by atoms with E-state index in [0.29, 0.717) is 0 Å². The Morgan fingerprint density at radius 2 is 2.00 bits per heavy atom. The van der Waals surface area contributed by atoms with Gasteiger partial charge in [0.05, 0.1) is 6.61 Å². The highest BCUT2D eigenvalue weighted by Crippen LogP contribution is 2.50. The molecular formula is C19H24FNO. The predicted octanol–water partition coefficient (Wildman–Crippen LogP) is 3.74. The fourth-order valence-corrected chi connectivity index (χ4v) is 5.69. The molecule has 2 aliphatic carbocycles. The molecule has 1 aromatic carbocycles. The Bertz CT molecular complexity index is 593. The van der Waals surface area contributed by atoms with E-state index in [0.717, 1.165) is 61.7 Å². The first-order chi connectivity index (χ1) is 10.7. The predicted molar refractivity (Wildman–Crippen MR) is 83.6 cm³/mol. The molecular weight excluding hydrogens is 277 g/mol. The molecule has 2 aliphatic heterocycles. The Morgan fingerprint density at radius 3 is 2.73 bits per heavy atom. The summed E-state index contributed by atoms with van der Waals surface area (Å²) in [5, 5.41) is 0. The van der Waals surface area contributed by atoms with Gasteiger partial charge in [-0.05, 0) is 75.2 Å². The van der Waals surface area contributed by atoms with Gasteiger partial charge < -0.3 is 9.64 Å². The van der Waals surface area contributed by atoms with Crippen LogP contribution >= 0.6 is 0 Å². The summed E-state index contributed by atoms with van der Waals surface area (Å²) < 4.78 is 19.5. The molecule has 22 heavy (non-hydrogen) atoms. The van der Waals surface area contributed by atoms with Gasteiger partial charge in [0.2, 0.25) is 0 Å². The van der Waals surface area contributed by atoms with Crippen LogP contribution in [0.25, 0.3) is 0 Å². The lowest BCUT2D eigenvalue weighted by atomic mass is 9.74. The highest BCUT2D eigenvalue weighted by Gasteiger charge is 2.47. The van der Waals surface area contributed by atoms with Crippen molar-refractivity contribution < 1.29 is 9.13 Å². The van der Waals surface area contributed by atoms with Gasteiger partial charge in [-0.25, -0.2) is 4.39 Å². The minimum absolute atomic E-state index is 0.0750. The first-order valence-corrected chi connectivity index (χ1v) is 8.90. The Labute approximate surface area is 131 Å². The van der Waals surface area contributed by atoms with Crippen molar-refractivity contribution in [2.75, 3.05) is 19.7 Å². The molecule has 2 nitrogen and oxygen atoms in total. The number of benzene rings is 1. The number of halogens is 1. The van der Waals surface area contributed by atoms with Crippen LogP contribution in [0.15, 0.2) is 18.2 Å². The number of nitrogens with zero attached hydrogens (tertiary/aromatic N) is 1. The molecule has 2 saturated carbocycles. The molecule has 0 N–H and O–H groups in total. The summed E-state index contributed by atoms with van der Waals surface area (Å²) in [6, 6.07) is 5.88. The average molecular weight is 301 g/mol. The normalized spacial score (nSPS) is 35.8. The van der Waals surface area contributed by atoms with Crippen LogP contribution in [0.5, 0.6) is 5.75 Å². The van der Waals surface area contributed by atoms with Gasteiger partial charge >= 0.3 is 0 Å². The van der Waals surface area contributed by atoms with Crippen LogP contribution in [0.3, 0.4) is 0 Å². The molecule has 5 rings (SSSR count). The van der Waals surface area contributed by atoms with Gasteiger partial charge in [0.1, 0.15) is 11.6 Å². The van der Waals surface area contributed by atoms with Crippen molar-refractivity contribution in [1.29, 1.82) is 0 Å². The topological polar surface area (TPSA) is 12.5 Å². The first kappa shape index (κ1) is 13.4. The molecule has 1 aromatic rings. The lowest BCUT2D eigenvalue weighted by molar-refractivity contribution is 0.0746. The number of piperidine rings is 1. The van der Waals surface area contributed by atoms with Crippen LogP contribution in [0.4, 0.5) is 4.39 Å². The monoisotopic (exact) mass is 301 g/mol. The fourth-order valence-electron chi connectivity index (χ4n) is 5.69. The van der Waals surface area contributed by atoms with E-state index in [1.54, 1.807) is 6.07 Å². The van der Waals surface area contributed by atoms with E-state index in [1.807, 2.05) is 6.07 Å². The van der Waals surface area contributed by atoms with Gasteiger partial charge in [-0.1, -0.05) is 6.42 Å². The van der Waals surface area contributed by atoms with Crippen LogP contribution in [0.2, 0.25) is 0 Å². The molecule has 1 spiro atoms. The zero-order chi connectivity index (χ0) is 14.7. The average Bonchev–Trinajstić information content (AvgIpc) is 3.24. The lowest BCUT2D eigenvalue weighted by Crippen LogP contribution is -2.49. The number of ether oxygens (including phenoxy) is 1. The third kappa shape index (κ3) is 1.87. The smallest absolute Gasteiger partial charge is 0.123 e. The third-order valence-electron chi connectivity index (χ3n) is 6.94. The molecule has 2 heterocycles. The van der Waals surface area contributed by atoms with Gasteiger partial charge in [-0.15, -0.1) is 0 Å². The fraction of sp³-hybridized carbons (Fsp3) is 0.684. The van der Waals surface area contributed by atoms with Crippen LogP contribution in [0, 0.1) is 17.7 Å². The molecule has 3 atom stereocenters. The third-order valence-corrected chi connectivity index (χ3v) is 6.94. The maximum absolute atomic E-state index is 13.7. The lowest BCUT2D eigenvalue weighted by Gasteiger charge is -2.43. The molecule has 118 valence electrons. The van der Waals surface area contributed by atoms with Crippen molar-refractivity contribution in [3.8, 4) is 5.75 Å². The number of rotatable bonds is 1. The summed E-state index contributed by atoms with van der Waals surface area (Å²) in [5.74, 6) is 2.76. The molecule has 2 bridgehead atoms. The summed E-state index contributed by atoms with van der Waals surface area (Å²) in [6.07, 6.45) is 8.07. The molecule has 4 aliphatic rings. The van der Waals surface area contributed by atoms with Crippen LogP contribution in [-0.2, 0) is 5.41 Å². The van der Waals surface area contributed by atoms with Crippen LogP contribution in [-0.4, -0.2) is 30.6 Å². The minimum atomic E-state index is -0.126. The number of likely N-dealkylation sites (tertiary alicyclic amines) is 1. The number of fused-ring (bicyclic) bond motifs is 4. The second-order valence-electron chi connectivity index (χ2n) is 7.99. The van der Waals surface area contributed by atoms with Gasteiger partial charge in [0.15, 0.2) is 0 Å². The molecule has 3 fully saturated rings. The summed E-state index contributed by atoms with van der Waals surface area (Å²) in [5.41, 5.74) is 1.20. The van der Waals surface area contributed by atoms with Gasteiger partial charge in [0, 0.05) is 17.0 Å². The van der Waals surface area contributed by atoms with Crippen molar-refractivity contribution in [2.24, 2.45) is 11.8 Å². The van der Waals surface area contributed by atoms with E-state index >= 15 is 0 Å². The van der Waals surface area contributed by atoms with Gasteiger partial charge in [0.25, 0.3) is 0 Å². The van der Waals surface area contributed by atoms with Crippen molar-refractivity contribution >= 4 is 0 Å². The minimum Gasteiger partial charge on any atom is -0.492 e. The van der Waals surface area contributed by atoms with Crippen LogP contribution in [0.1, 0.15) is 44.1 Å². The summed E-state index contributed by atoms with van der Waals surface area (Å²) in [6.45, 7) is 3.07. The van der Waals surface area contributed by atoms with E-state index in [9.17, 15) is 4.39 Å². The number of hydrogen-bond donors (Lipinski definition) is 0. The largest absolute Gasteiger partial charge is 0.492 e. The highest BCUT2D eigenvalue weighted by molar-refractivity contribution is 5.44. The zero-order valence-corrected chi connectivity index (χ0v) is 13.1.